The SMILES string of the molecule is COC(=O)N1CCC[C@@H]1C(=O)NCCOc1cccc(OC)c1. The fourth-order valence-electron chi connectivity index (χ4n) is 2.53. The summed E-state index contributed by atoms with van der Waals surface area (Å²) >= 11 is 0. The molecular weight excluding hydrogens is 300 g/mol. The van der Waals surface area contributed by atoms with Crippen molar-refractivity contribution in [3.8, 4) is 11.5 Å². The summed E-state index contributed by atoms with van der Waals surface area (Å²) < 4.78 is 15.4. The quantitative estimate of drug-likeness (QED) is 0.802. The number of carbonyl (C=O) groups excluding carboxylic acids is 2. The highest BCUT2D eigenvalue weighted by Gasteiger charge is 2.34. The van der Waals surface area contributed by atoms with Gasteiger partial charge in [-0.3, -0.25) is 9.69 Å². The highest BCUT2D eigenvalue weighted by molar-refractivity contribution is 5.86. The zero-order valence-corrected chi connectivity index (χ0v) is 13.4. The van der Waals surface area contributed by atoms with E-state index in [1.54, 1.807) is 13.2 Å². The Morgan fingerprint density at radius 3 is 2.83 bits per heavy atom. The molecule has 23 heavy (non-hydrogen) atoms. The molecule has 0 unspecified atom stereocenters. The summed E-state index contributed by atoms with van der Waals surface area (Å²) in [5.41, 5.74) is 0. The van der Waals surface area contributed by atoms with Crippen LogP contribution in [0, 0.1) is 0 Å². The number of hydrogen-bond acceptors (Lipinski definition) is 5. The third-order valence-corrected chi connectivity index (χ3v) is 3.68. The van der Waals surface area contributed by atoms with Crippen molar-refractivity contribution in [1.82, 2.24) is 10.2 Å². The monoisotopic (exact) mass is 322 g/mol. The Labute approximate surface area is 135 Å². The van der Waals surface area contributed by atoms with Gasteiger partial charge >= 0.3 is 6.09 Å². The average molecular weight is 322 g/mol. The van der Waals surface area contributed by atoms with Crippen LogP contribution in [0.1, 0.15) is 12.8 Å². The van der Waals surface area contributed by atoms with Crippen molar-refractivity contribution in [2.75, 3.05) is 33.9 Å². The highest BCUT2D eigenvalue weighted by atomic mass is 16.5. The summed E-state index contributed by atoms with van der Waals surface area (Å²) in [5.74, 6) is 1.21. The van der Waals surface area contributed by atoms with E-state index in [0.717, 1.165) is 6.42 Å². The van der Waals surface area contributed by atoms with Crippen LogP contribution >= 0.6 is 0 Å². The molecule has 1 aromatic carbocycles. The van der Waals surface area contributed by atoms with Gasteiger partial charge < -0.3 is 19.5 Å². The molecule has 0 bridgehead atoms. The van der Waals surface area contributed by atoms with E-state index in [9.17, 15) is 9.59 Å². The molecule has 7 nitrogen and oxygen atoms in total. The van der Waals surface area contributed by atoms with Gasteiger partial charge in [-0.1, -0.05) is 6.07 Å². The number of benzene rings is 1. The lowest BCUT2D eigenvalue weighted by molar-refractivity contribution is -0.125. The zero-order chi connectivity index (χ0) is 16.7. The van der Waals surface area contributed by atoms with E-state index < -0.39 is 12.1 Å². The molecule has 1 atom stereocenters. The topological polar surface area (TPSA) is 77.1 Å². The first kappa shape index (κ1) is 16.9. The summed E-state index contributed by atoms with van der Waals surface area (Å²) in [7, 11) is 2.91. The molecule has 1 N–H and O–H groups in total. The predicted molar refractivity (Wildman–Crippen MR) is 83.6 cm³/mol. The fraction of sp³-hybridized carbons (Fsp3) is 0.500. The van der Waals surface area contributed by atoms with Crippen LogP contribution in [-0.2, 0) is 9.53 Å². The van der Waals surface area contributed by atoms with Gasteiger partial charge in [0, 0.05) is 12.6 Å². The van der Waals surface area contributed by atoms with Crippen molar-refractivity contribution >= 4 is 12.0 Å². The number of rotatable bonds is 6. The van der Waals surface area contributed by atoms with E-state index in [1.807, 2.05) is 18.2 Å². The first-order valence-electron chi connectivity index (χ1n) is 7.55. The van der Waals surface area contributed by atoms with E-state index >= 15 is 0 Å². The van der Waals surface area contributed by atoms with Gasteiger partial charge in [-0.05, 0) is 25.0 Å². The molecule has 0 spiro atoms. The van der Waals surface area contributed by atoms with Crippen LogP contribution in [0.2, 0.25) is 0 Å². The van der Waals surface area contributed by atoms with Crippen molar-refractivity contribution < 1.29 is 23.8 Å². The van der Waals surface area contributed by atoms with Gasteiger partial charge in [-0.15, -0.1) is 0 Å². The number of amides is 2. The van der Waals surface area contributed by atoms with Gasteiger partial charge in [-0.25, -0.2) is 4.79 Å². The Morgan fingerprint density at radius 2 is 2.09 bits per heavy atom. The number of hydrogen-bond donors (Lipinski definition) is 1. The van der Waals surface area contributed by atoms with Crippen molar-refractivity contribution in [3.05, 3.63) is 24.3 Å². The number of likely N-dealkylation sites (tertiary alicyclic amines) is 1. The molecule has 1 aliphatic rings. The molecule has 0 aliphatic carbocycles. The zero-order valence-electron chi connectivity index (χ0n) is 13.4. The molecule has 2 rings (SSSR count). The van der Waals surface area contributed by atoms with E-state index in [1.165, 1.54) is 12.0 Å². The molecule has 2 amide bonds. The number of ether oxygens (including phenoxy) is 3. The van der Waals surface area contributed by atoms with Crippen LogP contribution in [0.3, 0.4) is 0 Å². The molecule has 1 aliphatic heterocycles. The second-order valence-corrected chi connectivity index (χ2v) is 5.14. The van der Waals surface area contributed by atoms with Crippen LogP contribution in [0.25, 0.3) is 0 Å². The lowest BCUT2D eigenvalue weighted by Crippen LogP contribution is -2.46. The number of methoxy groups -OCH3 is 2. The van der Waals surface area contributed by atoms with Gasteiger partial charge in [0.2, 0.25) is 5.91 Å². The molecule has 7 heteroatoms. The van der Waals surface area contributed by atoms with Gasteiger partial charge in [0.25, 0.3) is 0 Å². The lowest BCUT2D eigenvalue weighted by atomic mass is 10.2. The Kier molecular flexibility index (Phi) is 6.08. The predicted octanol–water partition coefficient (Wildman–Crippen LogP) is 1.42. The third-order valence-electron chi connectivity index (χ3n) is 3.68. The van der Waals surface area contributed by atoms with Gasteiger partial charge in [0.05, 0.1) is 20.8 Å². The first-order chi connectivity index (χ1) is 11.2. The molecular formula is C16H22N2O5. The minimum Gasteiger partial charge on any atom is -0.497 e. The highest BCUT2D eigenvalue weighted by Crippen LogP contribution is 2.19. The number of carbonyl (C=O) groups is 2. The van der Waals surface area contributed by atoms with E-state index in [2.05, 4.69) is 5.32 Å². The molecule has 0 aromatic heterocycles. The molecule has 0 saturated carbocycles. The van der Waals surface area contributed by atoms with E-state index in [4.69, 9.17) is 14.2 Å². The maximum absolute atomic E-state index is 12.2. The Bertz CT molecular complexity index is 549. The molecule has 1 fully saturated rings. The van der Waals surface area contributed by atoms with E-state index in [-0.39, 0.29) is 5.91 Å². The normalized spacial score (nSPS) is 16.8. The lowest BCUT2D eigenvalue weighted by Gasteiger charge is -2.22. The summed E-state index contributed by atoms with van der Waals surface area (Å²) in [5, 5.41) is 2.79. The van der Waals surface area contributed by atoms with Crippen LogP contribution in [0.15, 0.2) is 24.3 Å². The van der Waals surface area contributed by atoms with Gasteiger partial charge in [0.15, 0.2) is 0 Å². The van der Waals surface area contributed by atoms with E-state index in [0.29, 0.717) is 37.6 Å². The van der Waals surface area contributed by atoms with Crippen LogP contribution in [-0.4, -0.2) is 56.9 Å². The van der Waals surface area contributed by atoms with Crippen LogP contribution in [0.4, 0.5) is 4.79 Å². The van der Waals surface area contributed by atoms with Crippen molar-refractivity contribution in [2.24, 2.45) is 0 Å². The summed E-state index contributed by atoms with van der Waals surface area (Å²) in [6.45, 7) is 1.25. The molecule has 0 radical (unpaired) electrons. The second kappa shape index (κ2) is 8.26. The fourth-order valence-corrected chi connectivity index (χ4v) is 2.53. The second-order valence-electron chi connectivity index (χ2n) is 5.14. The molecule has 1 saturated heterocycles. The number of nitrogens with one attached hydrogen (secondary N) is 1. The first-order valence-corrected chi connectivity index (χ1v) is 7.55. The Morgan fingerprint density at radius 1 is 1.30 bits per heavy atom. The maximum Gasteiger partial charge on any atom is 0.410 e. The molecule has 1 aromatic rings. The third kappa shape index (κ3) is 4.51. The minimum atomic E-state index is -0.463. The maximum atomic E-state index is 12.2. The van der Waals surface area contributed by atoms with Crippen molar-refractivity contribution in [1.29, 1.82) is 0 Å². The van der Waals surface area contributed by atoms with Gasteiger partial charge in [-0.2, -0.15) is 0 Å². The average Bonchev–Trinajstić information content (AvgIpc) is 3.07. The van der Waals surface area contributed by atoms with Crippen LogP contribution < -0.4 is 14.8 Å². The minimum absolute atomic E-state index is 0.179. The van der Waals surface area contributed by atoms with Crippen molar-refractivity contribution in [2.45, 2.75) is 18.9 Å². The number of nitrogens with zero attached hydrogens (tertiary/aromatic N) is 1. The molecule has 126 valence electrons. The standard InChI is InChI=1S/C16H22N2O5/c1-21-12-5-3-6-13(11-12)23-10-8-17-15(19)14-7-4-9-18(14)16(20)22-2/h3,5-6,11,14H,4,7-10H2,1-2H3,(H,17,19)/t14-/m1/s1. The molecule has 1 heterocycles. The van der Waals surface area contributed by atoms with Crippen molar-refractivity contribution in [3.63, 3.8) is 0 Å². The van der Waals surface area contributed by atoms with Crippen LogP contribution in [0.5, 0.6) is 11.5 Å². The van der Waals surface area contributed by atoms with Gasteiger partial charge in [0.1, 0.15) is 24.1 Å². The largest absolute Gasteiger partial charge is 0.497 e. The Balaban J connectivity index is 1.75. The summed E-state index contributed by atoms with van der Waals surface area (Å²) in [6, 6.07) is 6.80. The summed E-state index contributed by atoms with van der Waals surface area (Å²) in [4.78, 5) is 25.2. The smallest absolute Gasteiger partial charge is 0.410 e. The Hall–Kier alpha value is -2.44. The summed E-state index contributed by atoms with van der Waals surface area (Å²) in [6.07, 6.45) is 0.987.